The minimum atomic E-state index is -1.04. The summed E-state index contributed by atoms with van der Waals surface area (Å²) in [4.78, 5) is 48.9. The van der Waals surface area contributed by atoms with E-state index in [0.717, 1.165) is 24.3 Å². The van der Waals surface area contributed by atoms with Gasteiger partial charge in [0.25, 0.3) is 17.0 Å². The van der Waals surface area contributed by atoms with E-state index in [1.54, 1.807) is 59.3 Å². The van der Waals surface area contributed by atoms with Crippen LogP contribution in [-0.2, 0) is 0 Å². The van der Waals surface area contributed by atoms with E-state index in [1.807, 2.05) is 0 Å². The molecule has 1 saturated carbocycles. The second-order valence-electron chi connectivity index (χ2n) is 14.0. The first kappa shape index (κ1) is 38.7. The van der Waals surface area contributed by atoms with Gasteiger partial charge in [-0.05, 0) is 86.5 Å². The molecule has 1 amide bonds. The summed E-state index contributed by atoms with van der Waals surface area (Å²) in [5.74, 6) is -1.86. The van der Waals surface area contributed by atoms with E-state index in [0.29, 0.717) is 72.2 Å². The Bertz CT molecular complexity index is 2830. The number of nitrogens with one attached hydrogen (secondary N) is 2. The van der Waals surface area contributed by atoms with Crippen molar-refractivity contribution in [1.82, 2.24) is 30.2 Å². The lowest BCUT2D eigenvalue weighted by atomic mass is 9.95. The van der Waals surface area contributed by atoms with Crippen molar-refractivity contribution in [1.29, 1.82) is 0 Å². The highest BCUT2D eigenvalue weighted by Crippen LogP contribution is 2.34. The van der Waals surface area contributed by atoms with E-state index in [4.69, 9.17) is 5.11 Å². The van der Waals surface area contributed by atoms with Crippen LogP contribution in [0, 0.1) is 11.6 Å². The average Bonchev–Trinajstić information content (AvgIpc) is 3.78. The Balaban J connectivity index is 0.000000172. The van der Waals surface area contributed by atoms with Crippen molar-refractivity contribution in [2.75, 3.05) is 13.1 Å². The second kappa shape index (κ2) is 16.7. The Morgan fingerprint density at radius 2 is 1.19 bits per heavy atom. The average molecular weight is 819 g/mol. The zero-order chi connectivity index (χ0) is 40.3. The number of hydrogen-bond donors (Lipinski definition) is 3. The Morgan fingerprint density at radius 1 is 0.690 bits per heavy atom. The lowest BCUT2D eigenvalue weighted by Gasteiger charge is -2.22. The van der Waals surface area contributed by atoms with Gasteiger partial charge < -0.3 is 15.7 Å². The zero-order valence-electron chi connectivity index (χ0n) is 30.9. The maximum Gasteiger partial charge on any atom is 0.335 e. The fourth-order valence-corrected chi connectivity index (χ4v) is 9.00. The molecule has 5 aliphatic rings. The smallest absolute Gasteiger partial charge is 0.335 e. The number of hydrogen-bond acceptors (Lipinski definition) is 9. The lowest BCUT2D eigenvalue weighted by molar-refractivity contribution is 0.0696. The number of aromatic carboxylic acids is 1. The van der Waals surface area contributed by atoms with Gasteiger partial charge >= 0.3 is 5.97 Å². The van der Waals surface area contributed by atoms with E-state index < -0.39 is 5.97 Å². The second-order valence-corrected chi connectivity index (χ2v) is 15.7. The van der Waals surface area contributed by atoms with E-state index in [2.05, 4.69) is 20.8 Å². The normalized spacial score (nSPS) is 13.2. The zero-order valence-corrected chi connectivity index (χ0v) is 32.5. The van der Waals surface area contributed by atoms with Crippen molar-refractivity contribution in [3.05, 3.63) is 139 Å². The van der Waals surface area contributed by atoms with Crippen LogP contribution in [0.2, 0.25) is 0 Å². The standard InChI is InChI=1S/C26H27FN4O2S.C17H9FN2O3S/c27-22-9-4-8-20-23-21(16-34-24(20)22)26(33)31(30-23)19-12-10-17(11-13-19)25(32)29-15-5-14-28-18-6-2-1-3-7-18;18-13-3-1-2-11-14-12(8-24-15(11)13)16(21)20(19-14)10-6-4-9(5-7-10)17(22)23/h4,8-13,16,18,28H,1-3,5-7,14-15H2,(H,29,32);1-8H,(H,22,23). The lowest BCUT2D eigenvalue weighted by Crippen LogP contribution is -2.34. The number of rotatable bonds is 9. The molecule has 4 aromatic rings. The predicted molar refractivity (Wildman–Crippen MR) is 222 cm³/mol. The molecule has 0 aromatic heterocycles. The molecule has 0 bridgehead atoms. The molecule has 58 heavy (non-hydrogen) atoms. The SMILES string of the molecule is O=C(NCCCNC1CCCCC1)c1ccc(-n2nc3c4cccc(F)c4scc-3c2=O)cc1.O=C(O)c1ccc(-n2nc3c4cccc(F)c4scc-3c2=O)cc1. The molecule has 4 aromatic carbocycles. The monoisotopic (exact) mass is 818 g/mol. The molecule has 0 atom stereocenters. The summed E-state index contributed by atoms with van der Waals surface area (Å²) in [7, 11) is 0. The van der Waals surface area contributed by atoms with Gasteiger partial charge in [-0.2, -0.15) is 19.6 Å². The van der Waals surface area contributed by atoms with Gasteiger partial charge in [-0.1, -0.05) is 43.5 Å². The van der Waals surface area contributed by atoms with Crippen LogP contribution in [-0.4, -0.2) is 55.7 Å². The number of fused-ring (bicyclic) bond motifs is 6. The number of aromatic nitrogens is 4. The molecular weight excluding hydrogens is 783 g/mol. The van der Waals surface area contributed by atoms with Crippen molar-refractivity contribution in [3.63, 3.8) is 0 Å². The van der Waals surface area contributed by atoms with Crippen LogP contribution in [0.3, 0.4) is 0 Å². The Hall–Kier alpha value is -6.16. The van der Waals surface area contributed by atoms with Crippen LogP contribution in [0.1, 0.15) is 59.2 Å². The number of carbonyl (C=O) groups excluding carboxylic acids is 1. The number of carboxylic acids is 1. The summed E-state index contributed by atoms with van der Waals surface area (Å²) < 4.78 is 31.5. The van der Waals surface area contributed by atoms with Gasteiger partial charge in [-0.15, -0.1) is 22.7 Å². The third-order valence-corrected chi connectivity index (χ3v) is 12.2. The van der Waals surface area contributed by atoms with Crippen LogP contribution < -0.4 is 21.8 Å². The minimum Gasteiger partial charge on any atom is -0.478 e. The van der Waals surface area contributed by atoms with Crippen molar-refractivity contribution < 1.29 is 23.5 Å². The van der Waals surface area contributed by atoms with Gasteiger partial charge in [0.05, 0.1) is 37.5 Å². The number of nitrogens with zero attached hydrogens (tertiary/aromatic N) is 4. The Labute approximate surface area is 337 Å². The number of amides is 1. The highest BCUT2D eigenvalue weighted by molar-refractivity contribution is 7.17. The molecule has 0 unspecified atom stereocenters. The summed E-state index contributed by atoms with van der Waals surface area (Å²) in [6.07, 6.45) is 7.35. The molecule has 15 heteroatoms. The fraction of sp³-hybridized carbons (Fsp3) is 0.209. The van der Waals surface area contributed by atoms with E-state index >= 15 is 0 Å². The number of carboxylic acid groups (broad SMARTS) is 1. The Kier molecular flexibility index (Phi) is 11.2. The summed E-state index contributed by atoms with van der Waals surface area (Å²) in [5.41, 5.74) is 2.83. The van der Waals surface area contributed by atoms with E-state index in [9.17, 15) is 28.0 Å². The molecule has 11 nitrogen and oxygen atoms in total. The highest BCUT2D eigenvalue weighted by Gasteiger charge is 2.22. The Morgan fingerprint density at radius 3 is 1.69 bits per heavy atom. The summed E-state index contributed by atoms with van der Waals surface area (Å²) in [6, 6.07) is 22.7. The van der Waals surface area contributed by atoms with Crippen LogP contribution in [0.4, 0.5) is 8.78 Å². The number of benzene rings is 4. The van der Waals surface area contributed by atoms with Crippen LogP contribution in [0.5, 0.6) is 0 Å². The number of halogens is 2. The summed E-state index contributed by atoms with van der Waals surface area (Å²) in [6.45, 7) is 1.52. The van der Waals surface area contributed by atoms with Gasteiger partial charge in [-0.25, -0.2) is 13.6 Å². The molecule has 0 radical (unpaired) electrons. The van der Waals surface area contributed by atoms with E-state index in [1.165, 1.54) is 89.2 Å². The number of carbonyl (C=O) groups is 2. The molecule has 0 spiro atoms. The first-order chi connectivity index (χ1) is 28.2. The maximum atomic E-state index is 14.1. The third-order valence-electron chi connectivity index (χ3n) is 10.2. The van der Waals surface area contributed by atoms with Crippen LogP contribution in [0.25, 0.3) is 54.1 Å². The van der Waals surface area contributed by atoms with Gasteiger partial charge in [0.15, 0.2) is 0 Å². The largest absolute Gasteiger partial charge is 0.478 e. The maximum absolute atomic E-state index is 14.1. The van der Waals surface area contributed by atoms with Gasteiger partial charge in [-0.3, -0.25) is 14.4 Å². The topological polar surface area (TPSA) is 148 Å². The molecular formula is C43H36F2N6O5S2. The van der Waals surface area contributed by atoms with Crippen molar-refractivity contribution >= 4 is 54.7 Å². The first-order valence-corrected chi connectivity index (χ1v) is 20.6. The summed E-state index contributed by atoms with van der Waals surface area (Å²) >= 11 is 2.35. The highest BCUT2D eigenvalue weighted by atomic mass is 32.1. The molecule has 4 aliphatic heterocycles. The first-order valence-electron chi connectivity index (χ1n) is 18.8. The predicted octanol–water partition coefficient (Wildman–Crippen LogP) is 8.12. The third kappa shape index (κ3) is 7.75. The molecule has 0 saturated heterocycles. The minimum absolute atomic E-state index is 0.123. The van der Waals surface area contributed by atoms with Gasteiger partial charge in [0.2, 0.25) is 0 Å². The quantitative estimate of drug-likeness (QED) is 0.124. The fourth-order valence-electron chi connectivity index (χ4n) is 7.16. The summed E-state index contributed by atoms with van der Waals surface area (Å²) in [5, 5.41) is 28.7. The van der Waals surface area contributed by atoms with Crippen molar-refractivity contribution in [2.24, 2.45) is 0 Å². The molecule has 1 fully saturated rings. The van der Waals surface area contributed by atoms with Crippen LogP contribution >= 0.6 is 22.7 Å². The molecule has 9 rings (SSSR count). The van der Waals surface area contributed by atoms with Crippen molar-refractivity contribution in [2.45, 2.75) is 44.6 Å². The van der Waals surface area contributed by atoms with Crippen LogP contribution in [0.15, 0.2) is 105 Å². The van der Waals surface area contributed by atoms with Gasteiger partial charge in [0, 0.05) is 39.7 Å². The molecule has 3 N–H and O–H groups in total. The molecule has 294 valence electrons. The van der Waals surface area contributed by atoms with Crippen molar-refractivity contribution in [3.8, 4) is 33.9 Å². The molecule has 4 heterocycles. The van der Waals surface area contributed by atoms with E-state index in [-0.39, 0.29) is 34.2 Å². The molecule has 1 aliphatic carbocycles. The van der Waals surface area contributed by atoms with Gasteiger partial charge in [0.1, 0.15) is 23.0 Å².